The molecule has 1 N–H and O–H groups in total. The molecule has 3 rings (SSSR count). The number of nitrogens with one attached hydrogen (secondary N) is 1. The lowest BCUT2D eigenvalue weighted by Crippen LogP contribution is -2.24. The number of hydrogen-bond acceptors (Lipinski definition) is 11. The summed E-state index contributed by atoms with van der Waals surface area (Å²) in [5, 5.41) is 9.05. The Labute approximate surface area is 203 Å². The number of amidine groups is 1. The third-order valence-corrected chi connectivity index (χ3v) is 7.87. The van der Waals surface area contributed by atoms with Crippen LogP contribution < -0.4 is 5.32 Å². The van der Waals surface area contributed by atoms with E-state index < -0.39 is 17.2 Å². The first kappa shape index (κ1) is 25.2. The van der Waals surface area contributed by atoms with Gasteiger partial charge in [-0.05, 0) is 51.4 Å². The number of hydrazone groups is 1. The van der Waals surface area contributed by atoms with E-state index in [1.165, 1.54) is 23.5 Å². The average molecular weight is 513 g/mol. The molecule has 0 aliphatic carbocycles. The van der Waals surface area contributed by atoms with Gasteiger partial charge in [-0.2, -0.15) is 10.1 Å². The van der Waals surface area contributed by atoms with Crippen LogP contribution in [0.1, 0.15) is 59.2 Å². The Kier molecular flexibility index (Phi) is 8.54. The van der Waals surface area contributed by atoms with Crippen LogP contribution in [-0.2, 0) is 19.1 Å². The van der Waals surface area contributed by atoms with E-state index in [0.717, 1.165) is 11.3 Å². The van der Waals surface area contributed by atoms with Gasteiger partial charge >= 0.3 is 11.9 Å². The second-order valence-electron chi connectivity index (χ2n) is 6.93. The highest BCUT2D eigenvalue weighted by molar-refractivity contribution is 8.45. The van der Waals surface area contributed by atoms with Crippen LogP contribution in [-0.4, -0.2) is 63.3 Å². The molecule has 0 bridgehead atoms. The number of anilines is 1. The smallest absolute Gasteiger partial charge is 0.348 e. The van der Waals surface area contributed by atoms with Crippen LogP contribution in [0.4, 0.5) is 5.00 Å². The third-order valence-electron chi connectivity index (χ3n) is 4.55. The average Bonchev–Trinajstić information content (AvgIpc) is 3.22. The zero-order valence-corrected chi connectivity index (χ0v) is 21.1. The molecule has 2 aliphatic rings. The monoisotopic (exact) mass is 512 g/mol. The maximum absolute atomic E-state index is 12.9. The number of amides is 2. The number of rotatable bonds is 7. The summed E-state index contributed by atoms with van der Waals surface area (Å²) in [6.45, 7) is 7.63. The Bertz CT molecular complexity index is 1040. The van der Waals surface area contributed by atoms with E-state index >= 15 is 0 Å². The van der Waals surface area contributed by atoms with Crippen molar-refractivity contribution < 1.29 is 28.7 Å². The van der Waals surface area contributed by atoms with Crippen molar-refractivity contribution in [2.24, 2.45) is 10.1 Å². The molecular weight excluding hydrogens is 488 g/mol. The van der Waals surface area contributed by atoms with Crippen molar-refractivity contribution in [1.82, 2.24) is 5.01 Å². The molecule has 1 aromatic heterocycles. The molecule has 0 saturated heterocycles. The number of ether oxygens (including phenoxy) is 2. The van der Waals surface area contributed by atoms with Crippen molar-refractivity contribution in [3.63, 3.8) is 0 Å². The predicted molar refractivity (Wildman–Crippen MR) is 130 cm³/mol. The summed E-state index contributed by atoms with van der Waals surface area (Å²) in [6.07, 6.45) is 1.06. The van der Waals surface area contributed by atoms with Crippen LogP contribution in [0.5, 0.6) is 0 Å². The zero-order chi connectivity index (χ0) is 24.1. The molecule has 0 radical (unpaired) electrons. The summed E-state index contributed by atoms with van der Waals surface area (Å²) < 4.78 is 10.8. The van der Waals surface area contributed by atoms with Crippen LogP contribution in [0.15, 0.2) is 10.1 Å². The quantitative estimate of drug-likeness (QED) is 0.546. The SMILES string of the molecule is CCOC(=O)c1sc(NC(=O)[C@H](C)SC2=NN3CCCC(=O)N=C3S2)c(C(=O)OCC)c1C. The molecule has 1 atom stereocenters. The normalized spacial score (nSPS) is 16.4. The molecule has 33 heavy (non-hydrogen) atoms. The molecule has 13 heteroatoms. The van der Waals surface area contributed by atoms with Crippen LogP contribution in [0.3, 0.4) is 0 Å². The first-order chi connectivity index (χ1) is 15.7. The van der Waals surface area contributed by atoms with E-state index in [1.54, 1.807) is 32.7 Å². The fraction of sp³-hybridized carbons (Fsp3) is 0.500. The number of carbonyl (C=O) groups is 4. The lowest BCUT2D eigenvalue weighted by atomic mass is 10.1. The van der Waals surface area contributed by atoms with Gasteiger partial charge in [0.05, 0.1) is 24.0 Å². The Hall–Kier alpha value is -2.38. The molecule has 10 nitrogen and oxygen atoms in total. The maximum atomic E-state index is 12.9. The van der Waals surface area contributed by atoms with Crippen molar-refractivity contribution in [1.29, 1.82) is 0 Å². The fourth-order valence-electron chi connectivity index (χ4n) is 2.97. The number of nitrogens with zero attached hydrogens (tertiary/aromatic N) is 3. The summed E-state index contributed by atoms with van der Waals surface area (Å²) in [5.74, 6) is -1.73. The van der Waals surface area contributed by atoms with Gasteiger partial charge in [0, 0.05) is 13.0 Å². The summed E-state index contributed by atoms with van der Waals surface area (Å²) in [6, 6.07) is 0. The Balaban J connectivity index is 1.75. The van der Waals surface area contributed by atoms with Gasteiger partial charge in [-0.1, -0.05) is 11.8 Å². The molecule has 0 fully saturated rings. The molecule has 0 unspecified atom stereocenters. The molecule has 1 aromatic rings. The fourth-order valence-corrected chi connectivity index (χ4v) is 6.20. The van der Waals surface area contributed by atoms with Gasteiger partial charge in [0.25, 0.3) is 0 Å². The lowest BCUT2D eigenvalue weighted by molar-refractivity contribution is -0.118. The molecule has 178 valence electrons. The van der Waals surface area contributed by atoms with Crippen molar-refractivity contribution in [2.75, 3.05) is 25.1 Å². The number of thioether (sulfide) groups is 2. The van der Waals surface area contributed by atoms with E-state index in [9.17, 15) is 19.2 Å². The van der Waals surface area contributed by atoms with Gasteiger partial charge in [0.2, 0.25) is 11.8 Å². The van der Waals surface area contributed by atoms with Gasteiger partial charge in [-0.25, -0.2) is 14.6 Å². The standard InChI is InChI=1S/C20H24N4O6S3/c1-5-29-17(27)13-10(3)14(18(28)30-6-2)32-16(13)22-15(26)11(4)31-20-23-24-9-7-8-12(25)21-19(24)33-20/h11H,5-9H2,1-4H3,(H,22,26)/t11-/m0/s1. The number of esters is 2. The topological polar surface area (TPSA) is 127 Å². The number of aliphatic imine (C=N–C) groups is 1. The van der Waals surface area contributed by atoms with E-state index in [1.807, 2.05) is 0 Å². The van der Waals surface area contributed by atoms with Crippen molar-refractivity contribution in [2.45, 2.75) is 45.8 Å². The first-order valence-electron chi connectivity index (χ1n) is 10.4. The molecule has 0 saturated carbocycles. The highest BCUT2D eigenvalue weighted by Crippen LogP contribution is 2.36. The minimum absolute atomic E-state index is 0.143. The van der Waals surface area contributed by atoms with Crippen molar-refractivity contribution in [3.05, 3.63) is 16.0 Å². The summed E-state index contributed by atoms with van der Waals surface area (Å²) in [4.78, 5) is 53.7. The molecular formula is C20H24N4O6S3. The minimum atomic E-state index is -0.622. The van der Waals surface area contributed by atoms with E-state index in [-0.39, 0.29) is 40.5 Å². The largest absolute Gasteiger partial charge is 0.462 e. The predicted octanol–water partition coefficient (Wildman–Crippen LogP) is 3.47. The first-order valence-corrected chi connectivity index (χ1v) is 12.9. The Morgan fingerprint density at radius 2 is 1.91 bits per heavy atom. The highest BCUT2D eigenvalue weighted by atomic mass is 32.2. The molecule has 0 aromatic carbocycles. The molecule has 3 heterocycles. The summed E-state index contributed by atoms with van der Waals surface area (Å²) >= 11 is 3.45. The van der Waals surface area contributed by atoms with Gasteiger partial charge in [-0.15, -0.1) is 11.3 Å². The van der Waals surface area contributed by atoms with E-state index in [0.29, 0.717) is 34.5 Å². The summed E-state index contributed by atoms with van der Waals surface area (Å²) in [7, 11) is 0. The summed E-state index contributed by atoms with van der Waals surface area (Å²) in [5.41, 5.74) is 0.545. The molecule has 2 amide bonds. The lowest BCUT2D eigenvalue weighted by Gasteiger charge is -2.11. The zero-order valence-electron chi connectivity index (χ0n) is 18.6. The van der Waals surface area contributed by atoms with Gasteiger partial charge in [0.1, 0.15) is 9.88 Å². The van der Waals surface area contributed by atoms with E-state index in [4.69, 9.17) is 9.47 Å². The van der Waals surface area contributed by atoms with Gasteiger partial charge in [-0.3, -0.25) is 9.59 Å². The Morgan fingerprint density at radius 1 is 1.21 bits per heavy atom. The third kappa shape index (κ3) is 5.95. The van der Waals surface area contributed by atoms with E-state index in [2.05, 4.69) is 15.4 Å². The number of hydrogen-bond donors (Lipinski definition) is 1. The van der Waals surface area contributed by atoms with Crippen LogP contribution >= 0.6 is 34.9 Å². The Morgan fingerprint density at radius 3 is 2.61 bits per heavy atom. The maximum Gasteiger partial charge on any atom is 0.348 e. The van der Waals surface area contributed by atoms with Crippen molar-refractivity contribution >= 4 is 73.2 Å². The molecule has 0 spiro atoms. The number of fused-ring (bicyclic) bond motifs is 1. The second-order valence-corrected chi connectivity index (χ2v) is 10.5. The van der Waals surface area contributed by atoms with Crippen LogP contribution in [0.2, 0.25) is 0 Å². The van der Waals surface area contributed by atoms with Crippen LogP contribution in [0.25, 0.3) is 0 Å². The minimum Gasteiger partial charge on any atom is -0.462 e. The van der Waals surface area contributed by atoms with Crippen LogP contribution in [0, 0.1) is 6.92 Å². The number of carbonyl (C=O) groups excluding carboxylic acids is 4. The molecule has 2 aliphatic heterocycles. The van der Waals surface area contributed by atoms with Crippen molar-refractivity contribution in [3.8, 4) is 0 Å². The highest BCUT2D eigenvalue weighted by Gasteiger charge is 2.31. The number of thiophene rings is 1. The second kappa shape index (κ2) is 11.2. The van der Waals surface area contributed by atoms with Gasteiger partial charge < -0.3 is 14.8 Å². The van der Waals surface area contributed by atoms with Gasteiger partial charge in [0.15, 0.2) is 9.54 Å².